The van der Waals surface area contributed by atoms with Gasteiger partial charge in [0.25, 0.3) is 0 Å². The van der Waals surface area contributed by atoms with Crippen LogP contribution < -0.4 is 5.32 Å². The van der Waals surface area contributed by atoms with Crippen LogP contribution in [0.4, 0.5) is 0 Å². The van der Waals surface area contributed by atoms with E-state index in [1.54, 1.807) is 6.07 Å². The quantitative estimate of drug-likeness (QED) is 0.864. The van der Waals surface area contributed by atoms with Crippen LogP contribution in [0.1, 0.15) is 37.1 Å². The Hall–Kier alpha value is -1.51. The van der Waals surface area contributed by atoms with Crippen LogP contribution in [0.15, 0.2) is 48.5 Å². The molecule has 0 heterocycles. The van der Waals surface area contributed by atoms with Gasteiger partial charge in [-0.15, -0.1) is 0 Å². The number of aromatic hydroxyl groups is 1. The van der Waals surface area contributed by atoms with Crippen molar-refractivity contribution in [2.45, 2.75) is 25.9 Å². The van der Waals surface area contributed by atoms with E-state index in [9.17, 15) is 5.11 Å². The van der Waals surface area contributed by atoms with Crippen LogP contribution in [0.3, 0.4) is 0 Å². The van der Waals surface area contributed by atoms with Gasteiger partial charge in [-0.05, 0) is 37.6 Å². The van der Waals surface area contributed by atoms with Crippen LogP contribution in [0, 0.1) is 0 Å². The largest absolute Gasteiger partial charge is 0.508 e. The van der Waals surface area contributed by atoms with Gasteiger partial charge >= 0.3 is 0 Å². The second-order valence-corrected chi connectivity index (χ2v) is 5.16. The van der Waals surface area contributed by atoms with Crippen LogP contribution in [0.5, 0.6) is 5.75 Å². The number of hydrogen-bond acceptors (Lipinski definition) is 2. The highest BCUT2D eigenvalue weighted by Crippen LogP contribution is 2.26. The van der Waals surface area contributed by atoms with Gasteiger partial charge < -0.3 is 10.4 Å². The van der Waals surface area contributed by atoms with Crippen molar-refractivity contribution >= 4 is 11.6 Å². The van der Waals surface area contributed by atoms with Gasteiger partial charge in [0.05, 0.1) is 0 Å². The number of phenolic OH excluding ortho intramolecular Hbond substituents is 1. The summed E-state index contributed by atoms with van der Waals surface area (Å²) in [5, 5.41) is 14.0. The Morgan fingerprint density at radius 3 is 2.42 bits per heavy atom. The summed E-state index contributed by atoms with van der Waals surface area (Å²) in [4.78, 5) is 0. The van der Waals surface area contributed by atoms with Crippen molar-refractivity contribution in [3.63, 3.8) is 0 Å². The summed E-state index contributed by atoms with van der Waals surface area (Å²) in [7, 11) is 0. The molecule has 1 unspecified atom stereocenters. The number of benzene rings is 2. The highest BCUT2D eigenvalue weighted by Gasteiger charge is 2.13. The zero-order valence-corrected chi connectivity index (χ0v) is 11.9. The minimum absolute atomic E-state index is 0.0650. The van der Waals surface area contributed by atoms with Gasteiger partial charge in [0, 0.05) is 22.7 Å². The lowest BCUT2D eigenvalue weighted by Gasteiger charge is -2.21. The molecule has 0 amide bonds. The van der Waals surface area contributed by atoms with Gasteiger partial charge in [-0.25, -0.2) is 0 Å². The van der Waals surface area contributed by atoms with E-state index in [1.165, 1.54) is 0 Å². The molecule has 19 heavy (non-hydrogen) atoms. The van der Waals surface area contributed by atoms with Gasteiger partial charge in [0.15, 0.2) is 0 Å². The first-order valence-electron chi connectivity index (χ1n) is 6.37. The number of para-hydroxylation sites is 1. The molecule has 0 bridgehead atoms. The molecule has 0 saturated carbocycles. The molecule has 2 aromatic carbocycles. The van der Waals surface area contributed by atoms with Crippen molar-refractivity contribution in [1.82, 2.24) is 5.32 Å². The molecular formula is C16H18ClNO. The topological polar surface area (TPSA) is 32.3 Å². The summed E-state index contributed by atoms with van der Waals surface area (Å²) in [5.41, 5.74) is 2.03. The lowest BCUT2D eigenvalue weighted by Crippen LogP contribution is -2.22. The average molecular weight is 276 g/mol. The maximum atomic E-state index is 9.85. The van der Waals surface area contributed by atoms with Crippen molar-refractivity contribution < 1.29 is 5.11 Å². The summed E-state index contributed by atoms with van der Waals surface area (Å²) >= 11 is 6.00. The third-order valence-corrected chi connectivity index (χ3v) is 3.49. The van der Waals surface area contributed by atoms with Gasteiger partial charge in [0.2, 0.25) is 0 Å². The van der Waals surface area contributed by atoms with E-state index in [-0.39, 0.29) is 12.1 Å². The highest BCUT2D eigenvalue weighted by molar-refractivity contribution is 6.30. The van der Waals surface area contributed by atoms with Crippen LogP contribution >= 0.6 is 11.6 Å². The lowest BCUT2D eigenvalue weighted by molar-refractivity contribution is 0.438. The number of rotatable bonds is 4. The minimum atomic E-state index is 0.0650. The fourth-order valence-corrected chi connectivity index (χ4v) is 2.39. The fraction of sp³-hybridized carbons (Fsp3) is 0.250. The molecule has 0 spiro atoms. The fourth-order valence-electron chi connectivity index (χ4n) is 2.19. The molecule has 0 aromatic heterocycles. The molecular weight excluding hydrogens is 258 g/mol. The van der Waals surface area contributed by atoms with Gasteiger partial charge in [0.1, 0.15) is 5.75 Å². The second kappa shape index (κ2) is 6.09. The third kappa shape index (κ3) is 3.49. The molecule has 2 aromatic rings. The highest BCUT2D eigenvalue weighted by atomic mass is 35.5. The van der Waals surface area contributed by atoms with E-state index in [0.29, 0.717) is 5.75 Å². The number of phenols is 1. The Morgan fingerprint density at radius 2 is 1.74 bits per heavy atom. The first-order chi connectivity index (χ1) is 9.08. The van der Waals surface area contributed by atoms with Crippen LogP contribution in [0.2, 0.25) is 5.02 Å². The smallest absolute Gasteiger partial charge is 0.120 e. The van der Waals surface area contributed by atoms with Crippen molar-refractivity contribution in [2.24, 2.45) is 0 Å². The Bertz CT molecular complexity index is 556. The number of halogens is 1. The van der Waals surface area contributed by atoms with Crippen molar-refractivity contribution in [1.29, 1.82) is 0 Å². The SMILES string of the molecule is CC(N[C@H](C)c1cccc(Cl)c1)c1ccccc1O. The van der Waals surface area contributed by atoms with Crippen LogP contribution in [0.25, 0.3) is 0 Å². The number of nitrogens with one attached hydrogen (secondary N) is 1. The normalized spacial score (nSPS) is 14.1. The molecule has 3 heteroatoms. The zero-order chi connectivity index (χ0) is 13.8. The standard InChI is InChI=1S/C16H18ClNO/c1-11(13-6-5-7-14(17)10-13)18-12(2)15-8-3-4-9-16(15)19/h3-12,18-19H,1-2H3/t11-,12?/m1/s1. The van der Waals surface area contributed by atoms with E-state index in [0.717, 1.165) is 16.1 Å². The molecule has 0 aliphatic heterocycles. The van der Waals surface area contributed by atoms with E-state index in [1.807, 2.05) is 49.4 Å². The van der Waals surface area contributed by atoms with Crippen molar-refractivity contribution in [3.8, 4) is 5.75 Å². The molecule has 0 aliphatic rings. The van der Waals surface area contributed by atoms with Crippen molar-refractivity contribution in [2.75, 3.05) is 0 Å². The monoisotopic (exact) mass is 275 g/mol. The van der Waals surface area contributed by atoms with Gasteiger partial charge in [-0.1, -0.05) is 41.9 Å². The molecule has 2 atom stereocenters. The van der Waals surface area contributed by atoms with E-state index < -0.39 is 0 Å². The Morgan fingerprint density at radius 1 is 1.00 bits per heavy atom. The minimum Gasteiger partial charge on any atom is -0.508 e. The zero-order valence-electron chi connectivity index (χ0n) is 11.1. The molecule has 0 radical (unpaired) electrons. The Balaban J connectivity index is 2.11. The molecule has 2 N–H and O–H groups in total. The Labute approximate surface area is 119 Å². The van der Waals surface area contributed by atoms with E-state index in [4.69, 9.17) is 11.6 Å². The summed E-state index contributed by atoms with van der Waals surface area (Å²) in [6, 6.07) is 15.4. The number of hydrogen-bond donors (Lipinski definition) is 2. The first kappa shape index (κ1) is 13.9. The van der Waals surface area contributed by atoms with E-state index in [2.05, 4.69) is 12.2 Å². The average Bonchev–Trinajstić information content (AvgIpc) is 2.39. The van der Waals surface area contributed by atoms with E-state index >= 15 is 0 Å². The molecule has 2 nitrogen and oxygen atoms in total. The maximum Gasteiger partial charge on any atom is 0.120 e. The van der Waals surface area contributed by atoms with Gasteiger partial charge in [-0.2, -0.15) is 0 Å². The Kier molecular flexibility index (Phi) is 4.46. The molecule has 2 rings (SSSR count). The van der Waals surface area contributed by atoms with Crippen molar-refractivity contribution in [3.05, 3.63) is 64.7 Å². The predicted octanol–water partition coefficient (Wildman–Crippen LogP) is 4.46. The van der Waals surface area contributed by atoms with Crippen LogP contribution in [-0.2, 0) is 0 Å². The second-order valence-electron chi connectivity index (χ2n) is 4.72. The summed E-state index contributed by atoms with van der Waals surface area (Å²) < 4.78 is 0. The van der Waals surface area contributed by atoms with Gasteiger partial charge in [-0.3, -0.25) is 0 Å². The maximum absolute atomic E-state index is 9.85. The third-order valence-electron chi connectivity index (χ3n) is 3.25. The predicted molar refractivity (Wildman–Crippen MR) is 79.5 cm³/mol. The molecule has 100 valence electrons. The molecule has 0 aliphatic carbocycles. The molecule has 0 saturated heterocycles. The first-order valence-corrected chi connectivity index (χ1v) is 6.75. The summed E-state index contributed by atoms with van der Waals surface area (Å²) in [6.45, 7) is 4.12. The summed E-state index contributed by atoms with van der Waals surface area (Å²) in [5.74, 6) is 0.320. The lowest BCUT2D eigenvalue weighted by atomic mass is 10.0. The summed E-state index contributed by atoms with van der Waals surface area (Å²) in [6.07, 6.45) is 0. The van der Waals surface area contributed by atoms with Crippen LogP contribution in [-0.4, -0.2) is 5.11 Å². The molecule has 0 fully saturated rings.